The van der Waals surface area contributed by atoms with Gasteiger partial charge in [-0.15, -0.1) is 0 Å². The summed E-state index contributed by atoms with van der Waals surface area (Å²) in [4.78, 5) is 10.7. The fourth-order valence-electron chi connectivity index (χ4n) is 0.828. The summed E-state index contributed by atoms with van der Waals surface area (Å²) in [6.45, 7) is 3.34. The molecule has 1 aromatic rings. The first-order valence-corrected chi connectivity index (χ1v) is 7.11. The van der Waals surface area contributed by atoms with Gasteiger partial charge in [-0.05, 0) is 0 Å². The first kappa shape index (κ1) is 10.3. The quantitative estimate of drug-likeness (QED) is 0.618. The number of carbonyl (C=O) groups excluding carboxylic acids is 1. The molecule has 0 bridgehead atoms. The standard InChI is InChI=1S/C7H7.C3H4O2.Sn/c1-7-5-3-2-4-6-7;1-2-3(4)5;/h2-6H,1H2;2H,1H2,(H,4,5);/q;;+1/p-1. The Bertz CT molecular complexity index is 282. The monoisotopic (exact) mass is 282 g/mol. The van der Waals surface area contributed by atoms with Crippen LogP contribution in [0.3, 0.4) is 0 Å². The van der Waals surface area contributed by atoms with Crippen LogP contribution in [0.5, 0.6) is 0 Å². The molecule has 0 saturated carbocycles. The molecule has 1 aromatic carbocycles. The zero-order chi connectivity index (χ0) is 9.52. The molecule has 13 heavy (non-hydrogen) atoms. The van der Waals surface area contributed by atoms with Crippen molar-refractivity contribution in [2.24, 2.45) is 0 Å². The summed E-state index contributed by atoms with van der Waals surface area (Å²) < 4.78 is 5.93. The van der Waals surface area contributed by atoms with E-state index in [0.29, 0.717) is 0 Å². The van der Waals surface area contributed by atoms with Crippen molar-refractivity contribution in [3.63, 3.8) is 0 Å². The van der Waals surface area contributed by atoms with Gasteiger partial charge in [0.1, 0.15) is 0 Å². The van der Waals surface area contributed by atoms with Gasteiger partial charge in [0.25, 0.3) is 0 Å². The van der Waals surface area contributed by atoms with Crippen LogP contribution in [0.1, 0.15) is 5.56 Å². The van der Waals surface area contributed by atoms with Gasteiger partial charge in [0.05, 0.1) is 0 Å². The van der Waals surface area contributed by atoms with E-state index in [0.717, 1.165) is 4.44 Å². The Labute approximate surface area is 88.4 Å². The third kappa shape index (κ3) is 4.12. The van der Waals surface area contributed by atoms with Gasteiger partial charge in [0.15, 0.2) is 0 Å². The van der Waals surface area contributed by atoms with Crippen molar-refractivity contribution < 1.29 is 7.87 Å². The van der Waals surface area contributed by atoms with E-state index in [4.69, 9.17) is 3.07 Å². The second kappa shape index (κ2) is 5.80. The fourth-order valence-corrected chi connectivity index (χ4v) is 2.83. The molecule has 1 rings (SSSR count). The van der Waals surface area contributed by atoms with Crippen LogP contribution in [0.4, 0.5) is 0 Å². The third-order valence-corrected chi connectivity index (χ3v) is 4.02. The maximum atomic E-state index is 10.7. The van der Waals surface area contributed by atoms with E-state index < -0.39 is 21.6 Å². The molecule has 0 N–H and O–H groups in total. The Balaban J connectivity index is 2.28. The van der Waals surface area contributed by atoms with Crippen molar-refractivity contribution in [1.29, 1.82) is 0 Å². The summed E-state index contributed by atoms with van der Waals surface area (Å²) in [6.07, 6.45) is 1.21. The van der Waals surface area contributed by atoms with Crippen molar-refractivity contribution in [2.45, 2.75) is 4.44 Å². The van der Waals surface area contributed by atoms with Crippen LogP contribution < -0.4 is 0 Å². The number of hydrogen-bond acceptors (Lipinski definition) is 2. The predicted molar refractivity (Wildman–Crippen MR) is 52.2 cm³/mol. The average Bonchev–Trinajstić information content (AvgIpc) is 2.19. The van der Waals surface area contributed by atoms with E-state index in [1.54, 1.807) is 0 Å². The second-order valence-corrected chi connectivity index (χ2v) is 4.85. The third-order valence-electron chi connectivity index (χ3n) is 1.46. The van der Waals surface area contributed by atoms with E-state index in [1.165, 1.54) is 11.6 Å². The van der Waals surface area contributed by atoms with Gasteiger partial charge in [-0.2, -0.15) is 0 Å². The van der Waals surface area contributed by atoms with Crippen LogP contribution >= 0.6 is 0 Å². The Kier molecular flexibility index (Phi) is 4.60. The topological polar surface area (TPSA) is 26.3 Å². The average molecular weight is 281 g/mol. The van der Waals surface area contributed by atoms with Crippen molar-refractivity contribution in [1.82, 2.24) is 0 Å². The van der Waals surface area contributed by atoms with Crippen LogP contribution in [-0.4, -0.2) is 27.5 Å². The molecule has 0 aromatic heterocycles. The number of carbonyl (C=O) groups is 1. The molecular formula is C10H10O2Sn. The first-order chi connectivity index (χ1) is 6.33. The van der Waals surface area contributed by atoms with Crippen molar-refractivity contribution in [3.05, 3.63) is 48.6 Å². The molecule has 0 unspecified atom stereocenters. The van der Waals surface area contributed by atoms with Crippen molar-refractivity contribution in [2.75, 3.05) is 0 Å². The molecule has 0 saturated heterocycles. The van der Waals surface area contributed by atoms with E-state index >= 15 is 0 Å². The number of rotatable bonds is 4. The maximum absolute atomic E-state index is 10.7. The zero-order valence-electron chi connectivity index (χ0n) is 7.19. The molecule has 0 aliphatic carbocycles. The fraction of sp³-hybridized carbons (Fsp3) is 0.100. The normalized spacial score (nSPS) is 9.23. The molecule has 0 heterocycles. The molecule has 0 aliphatic rings. The van der Waals surface area contributed by atoms with Crippen molar-refractivity contribution in [3.8, 4) is 0 Å². The van der Waals surface area contributed by atoms with E-state index in [2.05, 4.69) is 6.58 Å². The Morgan fingerprint density at radius 1 is 1.46 bits per heavy atom. The molecule has 0 atom stereocenters. The van der Waals surface area contributed by atoms with Crippen molar-refractivity contribution >= 4 is 27.5 Å². The molecule has 3 heteroatoms. The first-order valence-electron chi connectivity index (χ1n) is 3.93. The van der Waals surface area contributed by atoms with Crippen LogP contribution in [0.25, 0.3) is 0 Å². The summed E-state index contributed by atoms with van der Waals surface area (Å²) in [5.74, 6) is -0.289. The second-order valence-electron chi connectivity index (χ2n) is 2.43. The van der Waals surface area contributed by atoms with Gasteiger partial charge < -0.3 is 0 Å². The van der Waals surface area contributed by atoms with Crippen LogP contribution in [0, 0.1) is 0 Å². The summed E-state index contributed by atoms with van der Waals surface area (Å²) in [7, 11) is 0. The van der Waals surface area contributed by atoms with E-state index in [-0.39, 0.29) is 5.97 Å². The Morgan fingerprint density at radius 3 is 2.77 bits per heavy atom. The summed E-state index contributed by atoms with van der Waals surface area (Å²) >= 11 is -1.03. The van der Waals surface area contributed by atoms with Gasteiger partial charge in [-0.25, -0.2) is 0 Å². The van der Waals surface area contributed by atoms with Crippen LogP contribution in [-0.2, 0) is 12.3 Å². The van der Waals surface area contributed by atoms with E-state index in [1.807, 2.05) is 30.3 Å². The molecule has 0 spiro atoms. The van der Waals surface area contributed by atoms with Crippen LogP contribution in [0.15, 0.2) is 43.0 Å². The minimum atomic E-state index is -1.03. The van der Waals surface area contributed by atoms with Gasteiger partial charge in [-0.3, -0.25) is 0 Å². The Morgan fingerprint density at radius 2 is 2.15 bits per heavy atom. The molecule has 0 amide bonds. The summed E-state index contributed by atoms with van der Waals surface area (Å²) in [6, 6.07) is 10.0. The van der Waals surface area contributed by atoms with Gasteiger partial charge in [0, 0.05) is 0 Å². The van der Waals surface area contributed by atoms with Gasteiger partial charge >= 0.3 is 88.4 Å². The predicted octanol–water partition coefficient (Wildman–Crippen LogP) is 1.53. The molecule has 66 valence electrons. The zero-order valence-corrected chi connectivity index (χ0v) is 10.0. The van der Waals surface area contributed by atoms with E-state index in [9.17, 15) is 4.79 Å². The van der Waals surface area contributed by atoms with Crippen LogP contribution in [0.2, 0.25) is 0 Å². The minimum absolute atomic E-state index is 0.289. The number of benzene rings is 1. The molecule has 0 fully saturated rings. The molecule has 2 radical (unpaired) electrons. The summed E-state index contributed by atoms with van der Waals surface area (Å²) in [5.41, 5.74) is 1.24. The molecular weight excluding hydrogens is 271 g/mol. The Hall–Kier alpha value is -0.771. The van der Waals surface area contributed by atoms with Gasteiger partial charge in [0.2, 0.25) is 0 Å². The van der Waals surface area contributed by atoms with Gasteiger partial charge in [-0.1, -0.05) is 0 Å². The number of hydrogen-bond donors (Lipinski definition) is 0. The SMILES string of the molecule is C=CC(=O)[O][Sn][CH2]c1ccccc1. The molecule has 0 aliphatic heterocycles. The summed E-state index contributed by atoms with van der Waals surface area (Å²) in [5, 5.41) is 0. The molecule has 2 nitrogen and oxygen atoms in total.